The van der Waals surface area contributed by atoms with E-state index in [1.54, 1.807) is 5.38 Å². The van der Waals surface area contributed by atoms with Crippen molar-refractivity contribution in [2.45, 2.75) is 50.0 Å². The van der Waals surface area contributed by atoms with Gasteiger partial charge in [0.2, 0.25) is 10.0 Å². The highest BCUT2D eigenvalue weighted by Crippen LogP contribution is 2.38. The minimum absolute atomic E-state index is 0.00202. The van der Waals surface area contributed by atoms with Crippen LogP contribution in [0.2, 0.25) is 0 Å². The van der Waals surface area contributed by atoms with Crippen molar-refractivity contribution in [2.75, 3.05) is 0 Å². The SMILES string of the molecule is CC1(C)CCCC1NS(=O)(=O)c1cc(CO)cs1. The van der Waals surface area contributed by atoms with E-state index >= 15 is 0 Å². The third-order valence-electron chi connectivity index (χ3n) is 3.63. The van der Waals surface area contributed by atoms with Gasteiger partial charge in [-0.1, -0.05) is 20.3 Å². The number of hydrogen-bond acceptors (Lipinski definition) is 4. The average Bonchev–Trinajstić information content (AvgIpc) is 2.86. The summed E-state index contributed by atoms with van der Waals surface area (Å²) in [5.74, 6) is 0. The zero-order valence-corrected chi connectivity index (χ0v) is 12.3. The van der Waals surface area contributed by atoms with Crippen molar-refractivity contribution in [3.8, 4) is 0 Å². The second kappa shape index (κ2) is 4.92. The van der Waals surface area contributed by atoms with Gasteiger partial charge in [0.1, 0.15) is 4.21 Å². The molecule has 2 rings (SSSR count). The normalized spacial score (nSPS) is 23.4. The minimum Gasteiger partial charge on any atom is -0.392 e. The van der Waals surface area contributed by atoms with Crippen LogP contribution in [0.1, 0.15) is 38.7 Å². The molecular weight excluding hydrogens is 270 g/mol. The molecule has 2 N–H and O–H groups in total. The Bertz CT molecular complexity index is 519. The molecule has 1 aliphatic rings. The first-order valence-electron chi connectivity index (χ1n) is 6.06. The lowest BCUT2D eigenvalue weighted by atomic mass is 9.88. The molecule has 1 fully saturated rings. The quantitative estimate of drug-likeness (QED) is 0.892. The summed E-state index contributed by atoms with van der Waals surface area (Å²) < 4.78 is 27.5. The van der Waals surface area contributed by atoms with E-state index in [2.05, 4.69) is 18.6 Å². The van der Waals surface area contributed by atoms with Gasteiger partial charge < -0.3 is 5.11 Å². The summed E-state index contributed by atoms with van der Waals surface area (Å²) >= 11 is 1.15. The molecule has 0 aromatic carbocycles. The second-order valence-electron chi connectivity index (χ2n) is 5.49. The predicted octanol–water partition coefficient (Wildman–Crippen LogP) is 2.10. The van der Waals surface area contributed by atoms with Crippen LogP contribution in [0.5, 0.6) is 0 Å². The molecule has 1 atom stereocenters. The Hall–Kier alpha value is -0.430. The monoisotopic (exact) mass is 289 g/mol. The van der Waals surface area contributed by atoms with Gasteiger partial charge in [0.25, 0.3) is 0 Å². The first-order chi connectivity index (χ1) is 8.35. The number of sulfonamides is 1. The first-order valence-corrected chi connectivity index (χ1v) is 8.42. The van der Waals surface area contributed by atoms with Crippen molar-refractivity contribution >= 4 is 21.4 Å². The number of aliphatic hydroxyl groups is 1. The smallest absolute Gasteiger partial charge is 0.250 e. The highest BCUT2D eigenvalue weighted by atomic mass is 32.2. The molecule has 102 valence electrons. The van der Waals surface area contributed by atoms with Crippen molar-refractivity contribution in [1.29, 1.82) is 0 Å². The molecule has 6 heteroatoms. The van der Waals surface area contributed by atoms with Gasteiger partial charge in [0, 0.05) is 6.04 Å². The van der Waals surface area contributed by atoms with Crippen LogP contribution in [-0.4, -0.2) is 19.6 Å². The van der Waals surface area contributed by atoms with Crippen LogP contribution in [0.4, 0.5) is 0 Å². The molecule has 1 saturated carbocycles. The number of hydrogen-bond donors (Lipinski definition) is 2. The fraction of sp³-hybridized carbons (Fsp3) is 0.667. The van der Waals surface area contributed by atoms with Crippen LogP contribution in [0.3, 0.4) is 0 Å². The molecule has 1 aromatic rings. The van der Waals surface area contributed by atoms with E-state index in [0.717, 1.165) is 30.6 Å². The van der Waals surface area contributed by atoms with Crippen LogP contribution in [0, 0.1) is 5.41 Å². The van der Waals surface area contributed by atoms with Gasteiger partial charge >= 0.3 is 0 Å². The maximum atomic E-state index is 12.2. The summed E-state index contributed by atoms with van der Waals surface area (Å²) in [6.07, 6.45) is 3.00. The van der Waals surface area contributed by atoms with Crippen LogP contribution in [-0.2, 0) is 16.6 Å². The number of rotatable bonds is 4. The van der Waals surface area contributed by atoms with E-state index in [1.165, 1.54) is 6.07 Å². The molecule has 1 unspecified atom stereocenters. The predicted molar refractivity (Wildman–Crippen MR) is 72.0 cm³/mol. The largest absolute Gasteiger partial charge is 0.392 e. The molecule has 4 nitrogen and oxygen atoms in total. The lowest BCUT2D eigenvalue weighted by Gasteiger charge is -2.27. The fourth-order valence-electron chi connectivity index (χ4n) is 2.37. The van der Waals surface area contributed by atoms with E-state index in [0.29, 0.717) is 5.56 Å². The molecule has 1 aliphatic carbocycles. The van der Waals surface area contributed by atoms with Gasteiger partial charge in [-0.3, -0.25) is 0 Å². The van der Waals surface area contributed by atoms with E-state index in [-0.39, 0.29) is 22.3 Å². The van der Waals surface area contributed by atoms with Crippen LogP contribution in [0.15, 0.2) is 15.7 Å². The Morgan fingerprint density at radius 1 is 1.56 bits per heavy atom. The highest BCUT2D eigenvalue weighted by Gasteiger charge is 2.37. The van der Waals surface area contributed by atoms with Gasteiger partial charge in [-0.05, 0) is 35.3 Å². The Morgan fingerprint density at radius 3 is 2.78 bits per heavy atom. The van der Waals surface area contributed by atoms with Gasteiger partial charge in [-0.2, -0.15) is 0 Å². The van der Waals surface area contributed by atoms with Gasteiger partial charge in [0.15, 0.2) is 0 Å². The molecule has 0 bridgehead atoms. The molecule has 18 heavy (non-hydrogen) atoms. The van der Waals surface area contributed by atoms with Gasteiger partial charge in [0.05, 0.1) is 6.61 Å². The maximum absolute atomic E-state index is 12.2. The fourth-order valence-corrected chi connectivity index (χ4v) is 5.03. The minimum atomic E-state index is -3.45. The van der Waals surface area contributed by atoms with E-state index in [9.17, 15) is 8.42 Å². The van der Waals surface area contributed by atoms with Crippen LogP contribution in [0.25, 0.3) is 0 Å². The van der Waals surface area contributed by atoms with Gasteiger partial charge in [-0.25, -0.2) is 13.1 Å². The van der Waals surface area contributed by atoms with E-state index in [1.807, 2.05) is 0 Å². The molecule has 1 aromatic heterocycles. The number of nitrogens with one attached hydrogen (secondary N) is 1. The molecule has 1 heterocycles. The standard InChI is InChI=1S/C12H19NO3S2/c1-12(2)5-3-4-10(12)13-18(15,16)11-6-9(7-14)8-17-11/h6,8,10,13-14H,3-5,7H2,1-2H3. The molecule has 0 radical (unpaired) electrons. The zero-order chi connectivity index (χ0) is 13.4. The molecule has 0 saturated heterocycles. The number of thiophene rings is 1. The molecule has 0 spiro atoms. The third-order valence-corrected chi connectivity index (χ3v) is 6.59. The summed E-state index contributed by atoms with van der Waals surface area (Å²) in [6, 6.07) is 1.54. The summed E-state index contributed by atoms with van der Waals surface area (Å²) in [7, 11) is -3.45. The zero-order valence-electron chi connectivity index (χ0n) is 10.6. The third kappa shape index (κ3) is 2.77. The molecule has 0 amide bonds. The maximum Gasteiger partial charge on any atom is 0.250 e. The van der Waals surface area contributed by atoms with Gasteiger partial charge in [-0.15, -0.1) is 11.3 Å². The Balaban J connectivity index is 2.17. The van der Waals surface area contributed by atoms with Crippen LogP contribution >= 0.6 is 11.3 Å². The van der Waals surface area contributed by atoms with Crippen molar-refractivity contribution in [3.05, 3.63) is 17.0 Å². The lowest BCUT2D eigenvalue weighted by Crippen LogP contribution is -2.41. The van der Waals surface area contributed by atoms with Crippen molar-refractivity contribution in [2.24, 2.45) is 5.41 Å². The van der Waals surface area contributed by atoms with E-state index < -0.39 is 10.0 Å². The van der Waals surface area contributed by atoms with Crippen molar-refractivity contribution in [3.63, 3.8) is 0 Å². The first kappa shape index (κ1) is 14.0. The topological polar surface area (TPSA) is 66.4 Å². The Labute approximate surface area is 112 Å². The van der Waals surface area contributed by atoms with Crippen molar-refractivity contribution < 1.29 is 13.5 Å². The summed E-state index contributed by atoms with van der Waals surface area (Å²) in [6.45, 7) is 4.07. The Morgan fingerprint density at radius 2 is 2.28 bits per heavy atom. The molecular formula is C12H19NO3S2. The van der Waals surface area contributed by atoms with Crippen LogP contribution < -0.4 is 4.72 Å². The van der Waals surface area contributed by atoms with E-state index in [4.69, 9.17) is 5.11 Å². The summed E-state index contributed by atoms with van der Waals surface area (Å²) in [5.41, 5.74) is 0.662. The second-order valence-corrected chi connectivity index (χ2v) is 8.34. The molecule has 0 aliphatic heterocycles. The highest BCUT2D eigenvalue weighted by molar-refractivity contribution is 7.91. The van der Waals surface area contributed by atoms with Crippen molar-refractivity contribution in [1.82, 2.24) is 4.72 Å². The number of aliphatic hydroxyl groups excluding tert-OH is 1. The summed E-state index contributed by atoms with van der Waals surface area (Å²) in [4.78, 5) is 0. The Kier molecular flexibility index (Phi) is 3.82. The average molecular weight is 289 g/mol. The summed E-state index contributed by atoms with van der Waals surface area (Å²) in [5, 5.41) is 10.7. The lowest BCUT2D eigenvalue weighted by molar-refractivity contribution is 0.282.